The molecule has 0 heterocycles. The molecule has 0 aliphatic rings. The number of aryl methyl sites for hydroxylation is 1. The summed E-state index contributed by atoms with van der Waals surface area (Å²) in [5.41, 5.74) is 8.84. The maximum absolute atomic E-state index is 12.5. The third kappa shape index (κ3) is 5.82. The Morgan fingerprint density at radius 1 is 0.656 bits per heavy atom. The molecule has 0 fully saturated rings. The van der Waals surface area contributed by atoms with Crippen molar-refractivity contribution in [3.8, 4) is 0 Å². The first-order chi connectivity index (χ1) is 15.1. The van der Waals surface area contributed by atoms with E-state index in [0.29, 0.717) is 22.4 Å². The van der Waals surface area contributed by atoms with Gasteiger partial charge >= 0.3 is 0 Å². The Balaban J connectivity index is 1.56. The van der Waals surface area contributed by atoms with Gasteiger partial charge in [-0.1, -0.05) is 50.6 Å². The molecule has 0 radical (unpaired) electrons. The Kier molecular flexibility index (Phi) is 6.73. The minimum atomic E-state index is -0.457. The van der Waals surface area contributed by atoms with Gasteiger partial charge in [0.2, 0.25) is 0 Å². The summed E-state index contributed by atoms with van der Waals surface area (Å²) < 4.78 is 0. The van der Waals surface area contributed by atoms with Crippen molar-refractivity contribution in [1.29, 1.82) is 0 Å². The third-order valence-electron chi connectivity index (χ3n) is 4.99. The summed E-state index contributed by atoms with van der Waals surface area (Å²) in [6, 6.07) is 21.0. The van der Waals surface area contributed by atoms with Crippen molar-refractivity contribution in [2.45, 2.75) is 33.1 Å². The Labute approximate surface area is 188 Å². The molecule has 0 saturated carbocycles. The van der Waals surface area contributed by atoms with Crippen molar-refractivity contribution in [1.82, 2.24) is 10.9 Å². The van der Waals surface area contributed by atoms with Crippen LogP contribution in [0.1, 0.15) is 63.0 Å². The lowest BCUT2D eigenvalue weighted by Gasteiger charge is -2.19. The van der Waals surface area contributed by atoms with E-state index in [1.54, 1.807) is 54.6 Å². The number of carbonyl (C=O) groups is 3. The van der Waals surface area contributed by atoms with Crippen LogP contribution in [-0.2, 0) is 5.41 Å². The summed E-state index contributed by atoms with van der Waals surface area (Å²) in [6.07, 6.45) is 0. The molecule has 0 aliphatic carbocycles. The zero-order chi connectivity index (χ0) is 23.3. The zero-order valence-corrected chi connectivity index (χ0v) is 18.7. The minimum absolute atomic E-state index is 0.0188. The van der Waals surface area contributed by atoms with Crippen LogP contribution in [0.15, 0.2) is 72.8 Å². The van der Waals surface area contributed by atoms with Gasteiger partial charge in [0.1, 0.15) is 0 Å². The highest BCUT2D eigenvalue weighted by atomic mass is 16.2. The van der Waals surface area contributed by atoms with Crippen LogP contribution in [0.3, 0.4) is 0 Å². The Bertz CT molecular complexity index is 1130. The molecule has 32 heavy (non-hydrogen) atoms. The number of rotatable bonds is 4. The monoisotopic (exact) mass is 429 g/mol. The Morgan fingerprint density at radius 2 is 1.19 bits per heavy atom. The van der Waals surface area contributed by atoms with Crippen LogP contribution in [0.5, 0.6) is 0 Å². The molecule has 3 amide bonds. The number of carbonyl (C=O) groups excluding carboxylic acids is 3. The predicted octanol–water partition coefficient (Wildman–Crippen LogP) is 4.62. The molecule has 0 unspecified atom stereocenters. The molecule has 164 valence electrons. The van der Waals surface area contributed by atoms with Crippen LogP contribution in [-0.4, -0.2) is 17.7 Å². The smallest absolute Gasteiger partial charge is 0.269 e. The van der Waals surface area contributed by atoms with E-state index in [1.807, 2.05) is 25.1 Å². The third-order valence-corrected chi connectivity index (χ3v) is 4.99. The summed E-state index contributed by atoms with van der Waals surface area (Å²) in [4.78, 5) is 36.9. The molecular formula is C26H27N3O3. The van der Waals surface area contributed by atoms with Crippen LogP contribution in [0, 0.1) is 6.92 Å². The highest BCUT2D eigenvalue weighted by Gasteiger charge is 2.15. The molecule has 3 N–H and O–H groups in total. The van der Waals surface area contributed by atoms with Crippen molar-refractivity contribution in [2.24, 2.45) is 0 Å². The highest BCUT2D eigenvalue weighted by Crippen LogP contribution is 2.22. The molecule has 0 bridgehead atoms. The summed E-state index contributed by atoms with van der Waals surface area (Å²) in [5, 5.41) is 2.82. The molecule has 0 aromatic heterocycles. The van der Waals surface area contributed by atoms with Crippen LogP contribution in [0.4, 0.5) is 5.69 Å². The van der Waals surface area contributed by atoms with Gasteiger partial charge in [-0.2, -0.15) is 0 Å². The average Bonchev–Trinajstić information content (AvgIpc) is 2.77. The summed E-state index contributed by atoms with van der Waals surface area (Å²) in [5.74, 6) is -1.09. The zero-order valence-electron chi connectivity index (χ0n) is 18.7. The number of hydrogen-bond donors (Lipinski definition) is 3. The van der Waals surface area contributed by atoms with Crippen molar-refractivity contribution < 1.29 is 14.4 Å². The molecule has 3 rings (SSSR count). The maximum atomic E-state index is 12.5. The standard InChI is InChI=1S/C26H27N3O3/c1-17-6-5-7-20(16-17)25(32)29-28-24(31)19-10-14-22(15-11-19)27-23(30)18-8-12-21(13-9-18)26(2,3)4/h5-16H,1-4H3,(H,27,30)(H,28,31)(H,29,32). The van der Waals surface area contributed by atoms with E-state index in [2.05, 4.69) is 36.9 Å². The highest BCUT2D eigenvalue weighted by molar-refractivity contribution is 6.04. The molecule has 3 aromatic rings. The molecule has 0 saturated heterocycles. The lowest BCUT2D eigenvalue weighted by molar-refractivity contribution is 0.0846. The fraction of sp³-hybridized carbons (Fsp3) is 0.192. The van der Waals surface area contributed by atoms with Gasteiger partial charge in [-0.15, -0.1) is 0 Å². The van der Waals surface area contributed by atoms with E-state index in [-0.39, 0.29) is 11.3 Å². The lowest BCUT2D eigenvalue weighted by atomic mass is 9.87. The molecule has 6 heteroatoms. The molecule has 0 aliphatic heterocycles. The first-order valence-electron chi connectivity index (χ1n) is 10.3. The van der Waals surface area contributed by atoms with Crippen molar-refractivity contribution >= 4 is 23.4 Å². The van der Waals surface area contributed by atoms with E-state index in [4.69, 9.17) is 0 Å². The number of hydrazine groups is 1. The normalized spacial score (nSPS) is 10.9. The maximum Gasteiger partial charge on any atom is 0.269 e. The first-order valence-corrected chi connectivity index (χ1v) is 10.3. The molecular weight excluding hydrogens is 402 g/mol. The van der Waals surface area contributed by atoms with Gasteiger partial charge in [-0.05, 0) is 66.4 Å². The van der Waals surface area contributed by atoms with Crippen LogP contribution >= 0.6 is 0 Å². The summed E-state index contributed by atoms with van der Waals surface area (Å²) in [6.45, 7) is 8.24. The SMILES string of the molecule is Cc1cccc(C(=O)NNC(=O)c2ccc(NC(=O)c3ccc(C(C)(C)C)cc3)cc2)c1. The predicted molar refractivity (Wildman–Crippen MR) is 126 cm³/mol. The van der Waals surface area contributed by atoms with Gasteiger partial charge in [0.05, 0.1) is 0 Å². The fourth-order valence-corrected chi connectivity index (χ4v) is 3.07. The molecule has 3 aromatic carbocycles. The lowest BCUT2D eigenvalue weighted by Crippen LogP contribution is -2.41. The molecule has 0 spiro atoms. The van der Waals surface area contributed by atoms with E-state index in [0.717, 1.165) is 11.1 Å². The second-order valence-electron chi connectivity index (χ2n) is 8.64. The van der Waals surface area contributed by atoms with E-state index < -0.39 is 11.8 Å². The second-order valence-corrected chi connectivity index (χ2v) is 8.64. The minimum Gasteiger partial charge on any atom is -0.322 e. The van der Waals surface area contributed by atoms with Crippen LogP contribution in [0.25, 0.3) is 0 Å². The van der Waals surface area contributed by atoms with E-state index >= 15 is 0 Å². The average molecular weight is 430 g/mol. The van der Waals surface area contributed by atoms with Gasteiger partial charge in [0.15, 0.2) is 0 Å². The topological polar surface area (TPSA) is 87.3 Å². The van der Waals surface area contributed by atoms with Gasteiger partial charge in [0, 0.05) is 22.4 Å². The van der Waals surface area contributed by atoms with Gasteiger partial charge in [0.25, 0.3) is 17.7 Å². The van der Waals surface area contributed by atoms with Crippen molar-refractivity contribution in [3.05, 3.63) is 101 Å². The second kappa shape index (κ2) is 9.47. The van der Waals surface area contributed by atoms with Gasteiger partial charge in [-0.3, -0.25) is 25.2 Å². The number of nitrogens with one attached hydrogen (secondary N) is 3. The molecule has 6 nitrogen and oxygen atoms in total. The Morgan fingerprint density at radius 3 is 1.75 bits per heavy atom. The van der Waals surface area contributed by atoms with Gasteiger partial charge < -0.3 is 5.32 Å². The Hall–Kier alpha value is -3.93. The van der Waals surface area contributed by atoms with Crippen molar-refractivity contribution in [3.63, 3.8) is 0 Å². The summed E-state index contributed by atoms with van der Waals surface area (Å²) in [7, 11) is 0. The largest absolute Gasteiger partial charge is 0.322 e. The van der Waals surface area contributed by atoms with Crippen LogP contribution in [0.2, 0.25) is 0 Å². The van der Waals surface area contributed by atoms with Crippen LogP contribution < -0.4 is 16.2 Å². The molecule has 0 atom stereocenters. The first kappa shape index (κ1) is 22.7. The van der Waals surface area contributed by atoms with E-state index in [9.17, 15) is 14.4 Å². The fourth-order valence-electron chi connectivity index (χ4n) is 3.07. The number of hydrogen-bond acceptors (Lipinski definition) is 3. The van der Waals surface area contributed by atoms with Crippen molar-refractivity contribution in [2.75, 3.05) is 5.32 Å². The van der Waals surface area contributed by atoms with E-state index in [1.165, 1.54) is 0 Å². The quantitative estimate of drug-likeness (QED) is 0.529. The summed E-state index contributed by atoms with van der Waals surface area (Å²) >= 11 is 0. The number of anilines is 1. The van der Waals surface area contributed by atoms with Gasteiger partial charge in [-0.25, -0.2) is 0 Å². The number of benzene rings is 3. The number of amides is 3.